The summed E-state index contributed by atoms with van der Waals surface area (Å²) in [4.78, 5) is 38.5. The number of aromatic nitrogens is 2. The predicted molar refractivity (Wildman–Crippen MR) is 108 cm³/mol. The Balaban J connectivity index is 1.41. The second-order valence-corrected chi connectivity index (χ2v) is 7.97. The van der Waals surface area contributed by atoms with Crippen molar-refractivity contribution >= 4 is 35.3 Å². The summed E-state index contributed by atoms with van der Waals surface area (Å²) in [5.74, 6) is 0.00206. The highest BCUT2D eigenvalue weighted by Crippen LogP contribution is 2.35. The molecule has 0 unspecified atom stereocenters. The Morgan fingerprint density at radius 2 is 1.93 bits per heavy atom. The number of anilines is 1. The van der Waals surface area contributed by atoms with Crippen LogP contribution in [0, 0.1) is 6.92 Å². The first-order valence-electron chi connectivity index (χ1n) is 9.64. The van der Waals surface area contributed by atoms with E-state index in [1.54, 1.807) is 35.0 Å². The lowest BCUT2D eigenvalue weighted by molar-refractivity contribution is -0.131. The van der Waals surface area contributed by atoms with Crippen LogP contribution in [0.25, 0.3) is 5.69 Å². The summed E-state index contributed by atoms with van der Waals surface area (Å²) in [6.07, 6.45) is 3.20. The number of nitrogens with one attached hydrogen (secondary N) is 2. The molecule has 0 radical (unpaired) electrons. The van der Waals surface area contributed by atoms with Crippen LogP contribution in [0.2, 0.25) is 5.02 Å². The van der Waals surface area contributed by atoms with Crippen LogP contribution >= 0.6 is 11.6 Å². The molecule has 2 N–H and O–H groups in total. The van der Waals surface area contributed by atoms with Gasteiger partial charge in [-0.05, 0) is 44.0 Å². The molecule has 1 aromatic carbocycles. The molecular weight excluding hydrogens is 394 g/mol. The van der Waals surface area contributed by atoms with Crippen LogP contribution in [0.4, 0.5) is 10.6 Å². The second-order valence-electron chi connectivity index (χ2n) is 7.53. The molecule has 0 bridgehead atoms. The van der Waals surface area contributed by atoms with E-state index in [-0.39, 0.29) is 24.8 Å². The molecule has 1 spiro atoms. The van der Waals surface area contributed by atoms with Crippen molar-refractivity contribution in [3.05, 3.63) is 41.0 Å². The van der Waals surface area contributed by atoms with Gasteiger partial charge in [0, 0.05) is 24.1 Å². The first-order valence-corrected chi connectivity index (χ1v) is 10.0. The Hall–Kier alpha value is -2.87. The summed E-state index contributed by atoms with van der Waals surface area (Å²) in [7, 11) is 0. The minimum absolute atomic E-state index is 0.0140. The number of imide groups is 1. The zero-order chi connectivity index (χ0) is 20.6. The molecule has 1 saturated carbocycles. The molecule has 29 heavy (non-hydrogen) atoms. The van der Waals surface area contributed by atoms with Gasteiger partial charge in [0.25, 0.3) is 5.91 Å². The van der Waals surface area contributed by atoms with Crippen molar-refractivity contribution in [2.24, 2.45) is 0 Å². The van der Waals surface area contributed by atoms with Crippen LogP contribution in [0.3, 0.4) is 0 Å². The number of benzene rings is 1. The van der Waals surface area contributed by atoms with Crippen molar-refractivity contribution in [1.29, 1.82) is 0 Å². The fraction of sp³-hybridized carbons (Fsp3) is 0.400. The normalized spacial score (nSPS) is 17.8. The Morgan fingerprint density at radius 1 is 1.24 bits per heavy atom. The Kier molecular flexibility index (Phi) is 5.04. The summed E-state index contributed by atoms with van der Waals surface area (Å²) in [5.41, 5.74) is 0.750. The lowest BCUT2D eigenvalue weighted by Crippen LogP contribution is -2.44. The van der Waals surface area contributed by atoms with Crippen molar-refractivity contribution < 1.29 is 14.4 Å². The highest BCUT2D eigenvalue weighted by Gasteiger charge is 2.52. The number of carbonyl (C=O) groups is 3. The molecule has 2 fully saturated rings. The maximum absolute atomic E-state index is 12.7. The van der Waals surface area contributed by atoms with Gasteiger partial charge in [0.05, 0.1) is 11.4 Å². The lowest BCUT2D eigenvalue weighted by atomic mass is 9.98. The molecule has 1 aliphatic heterocycles. The summed E-state index contributed by atoms with van der Waals surface area (Å²) in [5, 5.41) is 10.7. The van der Waals surface area contributed by atoms with Gasteiger partial charge in [-0.3, -0.25) is 14.5 Å². The largest absolute Gasteiger partial charge is 0.325 e. The fourth-order valence-electron chi connectivity index (χ4n) is 3.98. The number of urea groups is 1. The Morgan fingerprint density at radius 3 is 2.62 bits per heavy atom. The molecular formula is C20H22ClN5O3. The number of rotatable bonds is 5. The minimum Gasteiger partial charge on any atom is -0.323 e. The van der Waals surface area contributed by atoms with Crippen molar-refractivity contribution in [3.8, 4) is 5.69 Å². The van der Waals surface area contributed by atoms with Gasteiger partial charge >= 0.3 is 6.03 Å². The minimum atomic E-state index is -0.752. The maximum atomic E-state index is 12.7. The summed E-state index contributed by atoms with van der Waals surface area (Å²) >= 11 is 5.94. The SMILES string of the molecule is Cc1cc(NC(=O)CCN2C(=O)NC3(CCCC3)C2=O)n(-c2ccc(Cl)cc2)n1. The number of hydrogen-bond donors (Lipinski definition) is 2. The third kappa shape index (κ3) is 3.72. The quantitative estimate of drug-likeness (QED) is 0.733. The molecule has 1 aromatic heterocycles. The predicted octanol–water partition coefficient (Wildman–Crippen LogP) is 3.03. The van der Waals surface area contributed by atoms with E-state index in [0.29, 0.717) is 23.7 Å². The van der Waals surface area contributed by atoms with E-state index in [1.165, 1.54) is 0 Å². The Labute approximate surface area is 173 Å². The van der Waals surface area contributed by atoms with Gasteiger partial charge in [0.15, 0.2) is 0 Å². The van der Waals surface area contributed by atoms with Crippen LogP contribution in [-0.2, 0) is 9.59 Å². The molecule has 1 aliphatic carbocycles. The van der Waals surface area contributed by atoms with Crippen LogP contribution in [0.5, 0.6) is 0 Å². The molecule has 2 aliphatic rings. The van der Waals surface area contributed by atoms with Crippen molar-refractivity contribution in [1.82, 2.24) is 20.0 Å². The number of nitrogens with zero attached hydrogens (tertiary/aromatic N) is 3. The van der Waals surface area contributed by atoms with E-state index in [9.17, 15) is 14.4 Å². The fourth-order valence-corrected chi connectivity index (χ4v) is 4.11. The highest BCUT2D eigenvalue weighted by atomic mass is 35.5. The van der Waals surface area contributed by atoms with E-state index in [2.05, 4.69) is 15.7 Å². The van der Waals surface area contributed by atoms with E-state index in [1.807, 2.05) is 6.92 Å². The molecule has 4 rings (SSSR count). The maximum Gasteiger partial charge on any atom is 0.325 e. The Bertz CT molecular complexity index is 963. The van der Waals surface area contributed by atoms with Gasteiger partial charge in [-0.15, -0.1) is 0 Å². The van der Waals surface area contributed by atoms with Crippen molar-refractivity contribution in [2.75, 3.05) is 11.9 Å². The molecule has 4 amide bonds. The van der Waals surface area contributed by atoms with Crippen molar-refractivity contribution in [2.45, 2.75) is 44.6 Å². The van der Waals surface area contributed by atoms with Crippen molar-refractivity contribution in [3.63, 3.8) is 0 Å². The highest BCUT2D eigenvalue weighted by molar-refractivity contribution is 6.30. The summed E-state index contributed by atoms with van der Waals surface area (Å²) < 4.78 is 1.62. The smallest absolute Gasteiger partial charge is 0.323 e. The molecule has 2 aromatic rings. The lowest BCUT2D eigenvalue weighted by Gasteiger charge is -2.19. The van der Waals surface area contributed by atoms with Crippen LogP contribution in [0.15, 0.2) is 30.3 Å². The molecule has 8 nitrogen and oxygen atoms in total. The molecule has 2 heterocycles. The number of halogens is 1. The summed E-state index contributed by atoms with van der Waals surface area (Å²) in [6, 6.07) is 8.45. The van der Waals surface area contributed by atoms with Crippen LogP contribution in [0.1, 0.15) is 37.8 Å². The van der Waals surface area contributed by atoms with Crippen LogP contribution in [-0.4, -0.2) is 44.6 Å². The van der Waals surface area contributed by atoms with Gasteiger partial charge in [-0.25, -0.2) is 9.48 Å². The van der Waals surface area contributed by atoms with E-state index in [4.69, 9.17) is 11.6 Å². The number of carbonyl (C=O) groups excluding carboxylic acids is 3. The average Bonchev–Trinajstić information content (AvgIpc) is 3.35. The third-order valence-corrected chi connectivity index (χ3v) is 5.69. The molecule has 152 valence electrons. The molecule has 0 atom stereocenters. The number of aryl methyl sites for hydroxylation is 1. The monoisotopic (exact) mass is 415 g/mol. The summed E-state index contributed by atoms with van der Waals surface area (Å²) in [6.45, 7) is 1.88. The average molecular weight is 416 g/mol. The van der Waals surface area contributed by atoms with Gasteiger partial charge < -0.3 is 10.6 Å². The van der Waals surface area contributed by atoms with Gasteiger partial charge in [0.2, 0.25) is 5.91 Å². The second kappa shape index (κ2) is 7.51. The van der Waals surface area contributed by atoms with E-state index in [0.717, 1.165) is 29.1 Å². The van der Waals surface area contributed by atoms with Crippen LogP contribution < -0.4 is 10.6 Å². The van der Waals surface area contributed by atoms with Gasteiger partial charge in [-0.1, -0.05) is 24.4 Å². The first-order chi connectivity index (χ1) is 13.9. The zero-order valence-corrected chi connectivity index (χ0v) is 16.8. The number of amides is 4. The van der Waals surface area contributed by atoms with Gasteiger partial charge in [0.1, 0.15) is 11.4 Å². The first kappa shape index (κ1) is 19.4. The molecule has 9 heteroatoms. The third-order valence-electron chi connectivity index (χ3n) is 5.44. The van der Waals surface area contributed by atoms with E-state index < -0.39 is 11.6 Å². The van der Waals surface area contributed by atoms with Gasteiger partial charge in [-0.2, -0.15) is 5.10 Å². The van der Waals surface area contributed by atoms with E-state index >= 15 is 0 Å². The number of hydrogen-bond acceptors (Lipinski definition) is 4. The molecule has 1 saturated heterocycles. The standard InChI is InChI=1S/C20H22ClN5O3/c1-13-12-16(26(24-13)15-6-4-14(21)5-7-15)22-17(27)8-11-25-18(28)20(23-19(25)29)9-2-3-10-20/h4-7,12H,2-3,8-11H2,1H3,(H,22,27)(H,23,29). The topological polar surface area (TPSA) is 96.3 Å². The zero-order valence-electron chi connectivity index (χ0n) is 16.1.